The number of hydrogen-bond acceptors (Lipinski definition) is 6. The lowest BCUT2D eigenvalue weighted by Gasteiger charge is -2.17. The van der Waals surface area contributed by atoms with Crippen molar-refractivity contribution in [2.24, 2.45) is 0 Å². The highest BCUT2D eigenvalue weighted by Gasteiger charge is 2.22. The highest BCUT2D eigenvalue weighted by Crippen LogP contribution is 2.19. The first-order valence-corrected chi connectivity index (χ1v) is 9.36. The number of hydrogen-bond donors (Lipinski definition) is 2. The molecule has 0 fully saturated rings. The number of benzene rings is 1. The van der Waals surface area contributed by atoms with Crippen LogP contribution in [0.2, 0.25) is 0 Å². The van der Waals surface area contributed by atoms with Crippen molar-refractivity contribution in [3.63, 3.8) is 0 Å². The number of nitrogens with one attached hydrogen (secondary N) is 2. The number of carbonyl (C=O) groups is 2. The Morgan fingerprint density at radius 3 is 2.66 bits per heavy atom. The van der Waals surface area contributed by atoms with Gasteiger partial charge in [-0.15, -0.1) is 0 Å². The normalized spacial score (nSPS) is 11.9. The zero-order chi connectivity index (χ0) is 20.8. The number of esters is 1. The van der Waals surface area contributed by atoms with Crippen LogP contribution < -0.4 is 10.6 Å². The predicted octanol–water partition coefficient (Wildman–Crippen LogP) is 3.85. The fourth-order valence-corrected chi connectivity index (χ4v) is 2.74. The molecule has 2 heterocycles. The number of para-hydroxylation sites is 1. The molecule has 0 aliphatic rings. The lowest BCUT2D eigenvalue weighted by molar-refractivity contribution is -0.123. The summed E-state index contributed by atoms with van der Waals surface area (Å²) in [5, 5.41) is 10.1. The first kappa shape index (κ1) is 20.2. The largest absolute Gasteiger partial charge is 0.467 e. The first-order chi connectivity index (χ1) is 14.0. The number of carbonyl (C=O) groups excluding carboxylic acids is 2. The predicted molar refractivity (Wildman–Crippen MR) is 109 cm³/mol. The van der Waals surface area contributed by atoms with E-state index in [9.17, 15) is 9.59 Å². The topological polar surface area (TPSA) is 98.4 Å². The fourth-order valence-electron chi connectivity index (χ4n) is 2.74. The van der Waals surface area contributed by atoms with Gasteiger partial charge in [-0.2, -0.15) is 5.10 Å². The average Bonchev–Trinajstić information content (AvgIpc) is 3.38. The summed E-state index contributed by atoms with van der Waals surface area (Å²) in [6.45, 7) is 5.87. The van der Waals surface area contributed by atoms with Crippen molar-refractivity contribution in [2.45, 2.75) is 39.5 Å². The number of ether oxygens (including phenoxy) is 1. The van der Waals surface area contributed by atoms with E-state index in [1.165, 1.54) is 6.92 Å². The maximum absolute atomic E-state index is 12.6. The van der Waals surface area contributed by atoms with E-state index in [2.05, 4.69) is 15.7 Å². The molecule has 3 aromatic rings. The molecule has 1 aromatic carbocycles. The van der Waals surface area contributed by atoms with Gasteiger partial charge in [-0.05, 0) is 45.0 Å². The van der Waals surface area contributed by atoms with Crippen LogP contribution in [-0.2, 0) is 16.1 Å². The zero-order valence-corrected chi connectivity index (χ0v) is 16.6. The van der Waals surface area contributed by atoms with Crippen LogP contribution in [0.1, 0.15) is 42.9 Å². The van der Waals surface area contributed by atoms with Crippen LogP contribution in [0.4, 0.5) is 11.5 Å². The molecule has 2 N–H and O–H groups in total. The molecular formula is C21H24N4O4. The molecule has 0 unspecified atom stereocenters. The summed E-state index contributed by atoms with van der Waals surface area (Å²) in [4.78, 5) is 25.1. The first-order valence-electron chi connectivity index (χ1n) is 9.36. The zero-order valence-electron chi connectivity index (χ0n) is 16.6. The van der Waals surface area contributed by atoms with E-state index >= 15 is 0 Å². The molecule has 152 valence electrons. The number of anilines is 2. The second-order valence-electron chi connectivity index (χ2n) is 6.77. The monoisotopic (exact) mass is 396 g/mol. The van der Waals surface area contributed by atoms with Crippen molar-refractivity contribution < 1.29 is 18.7 Å². The Hall–Kier alpha value is -3.55. The molecule has 0 saturated carbocycles. The molecule has 1 amide bonds. The van der Waals surface area contributed by atoms with E-state index in [0.29, 0.717) is 23.6 Å². The van der Waals surface area contributed by atoms with Gasteiger partial charge in [0.05, 0.1) is 24.6 Å². The molecule has 0 aliphatic carbocycles. The molecule has 8 nitrogen and oxygen atoms in total. The quantitative estimate of drug-likeness (QED) is 0.561. The highest BCUT2D eigenvalue weighted by molar-refractivity contribution is 5.99. The molecule has 29 heavy (non-hydrogen) atoms. The molecule has 0 aliphatic heterocycles. The van der Waals surface area contributed by atoms with Crippen molar-refractivity contribution >= 4 is 23.4 Å². The lowest BCUT2D eigenvalue weighted by atomic mass is 10.1. The Morgan fingerprint density at radius 2 is 1.93 bits per heavy atom. The van der Waals surface area contributed by atoms with E-state index in [1.807, 2.05) is 26.0 Å². The molecule has 8 heteroatoms. The number of nitrogens with zero attached hydrogens (tertiary/aromatic N) is 2. The summed E-state index contributed by atoms with van der Waals surface area (Å²) >= 11 is 0. The van der Waals surface area contributed by atoms with Crippen LogP contribution >= 0.6 is 0 Å². The van der Waals surface area contributed by atoms with Gasteiger partial charge in [0.25, 0.3) is 5.91 Å². The van der Waals surface area contributed by atoms with Gasteiger partial charge in [0, 0.05) is 17.8 Å². The third-order valence-corrected chi connectivity index (χ3v) is 4.24. The van der Waals surface area contributed by atoms with Crippen molar-refractivity contribution in [1.29, 1.82) is 0 Å². The summed E-state index contributed by atoms with van der Waals surface area (Å²) in [6.07, 6.45) is 2.21. The van der Waals surface area contributed by atoms with Gasteiger partial charge < -0.3 is 19.8 Å². The molecule has 3 rings (SSSR count). The molecule has 0 radical (unpaired) electrons. The van der Waals surface area contributed by atoms with Crippen LogP contribution in [0, 0.1) is 0 Å². The van der Waals surface area contributed by atoms with Gasteiger partial charge in [0.2, 0.25) is 0 Å². The summed E-state index contributed by atoms with van der Waals surface area (Å²) in [5.74, 6) is 0.269. The minimum Gasteiger partial charge on any atom is -0.467 e. The smallest absolute Gasteiger partial charge is 0.341 e. The lowest BCUT2D eigenvalue weighted by Crippen LogP contribution is -2.31. The van der Waals surface area contributed by atoms with Crippen molar-refractivity contribution in [3.8, 4) is 0 Å². The SMILES string of the molecule is CC(C)n1nccc1NC(=O)[C@@H](C)OC(=O)c1ccccc1NCc1ccco1. The van der Waals surface area contributed by atoms with Gasteiger partial charge in [-0.25, -0.2) is 9.48 Å². The van der Waals surface area contributed by atoms with Crippen molar-refractivity contribution in [2.75, 3.05) is 10.6 Å². The van der Waals surface area contributed by atoms with Crippen molar-refractivity contribution in [3.05, 3.63) is 66.2 Å². The third kappa shape index (κ3) is 5.04. The van der Waals surface area contributed by atoms with Gasteiger partial charge in [-0.1, -0.05) is 12.1 Å². The fraction of sp³-hybridized carbons (Fsp3) is 0.286. The van der Waals surface area contributed by atoms with Gasteiger partial charge in [-0.3, -0.25) is 4.79 Å². The minimum atomic E-state index is -0.976. The van der Waals surface area contributed by atoms with E-state index in [4.69, 9.17) is 9.15 Å². The molecule has 1 atom stereocenters. The maximum atomic E-state index is 12.6. The number of aromatic nitrogens is 2. The van der Waals surface area contributed by atoms with Gasteiger partial charge in [0.15, 0.2) is 6.10 Å². The van der Waals surface area contributed by atoms with E-state index < -0.39 is 18.0 Å². The van der Waals surface area contributed by atoms with E-state index in [1.54, 1.807) is 47.5 Å². The number of amides is 1. The number of rotatable bonds is 8. The standard InChI is InChI=1S/C21H24N4O4/c1-14(2)25-19(10-11-23-25)24-20(26)15(3)29-21(27)17-8-4-5-9-18(17)22-13-16-7-6-12-28-16/h4-12,14-15,22H,13H2,1-3H3,(H,24,26)/t15-/m1/s1. The molecular weight excluding hydrogens is 372 g/mol. The Morgan fingerprint density at radius 1 is 1.14 bits per heavy atom. The summed E-state index contributed by atoms with van der Waals surface area (Å²) in [7, 11) is 0. The Labute approximate surface area is 168 Å². The van der Waals surface area contributed by atoms with Crippen molar-refractivity contribution in [1.82, 2.24) is 9.78 Å². The van der Waals surface area contributed by atoms with E-state index in [0.717, 1.165) is 5.76 Å². The van der Waals surface area contributed by atoms with Crippen LogP contribution in [0.15, 0.2) is 59.3 Å². The molecule has 0 bridgehead atoms. The maximum Gasteiger partial charge on any atom is 0.341 e. The number of furan rings is 1. The Balaban J connectivity index is 1.63. The molecule has 0 spiro atoms. The molecule has 2 aromatic heterocycles. The summed E-state index contributed by atoms with van der Waals surface area (Å²) in [5.41, 5.74) is 0.935. The Bertz CT molecular complexity index is 963. The second-order valence-corrected chi connectivity index (χ2v) is 6.77. The highest BCUT2D eigenvalue weighted by atomic mass is 16.5. The third-order valence-electron chi connectivity index (χ3n) is 4.24. The minimum absolute atomic E-state index is 0.0882. The second kappa shape index (κ2) is 9.09. The summed E-state index contributed by atoms with van der Waals surface area (Å²) < 4.78 is 12.4. The van der Waals surface area contributed by atoms with Crippen LogP contribution in [0.3, 0.4) is 0 Å². The Kier molecular flexibility index (Phi) is 6.33. The van der Waals surface area contributed by atoms with E-state index in [-0.39, 0.29) is 6.04 Å². The van der Waals surface area contributed by atoms with Gasteiger partial charge in [0.1, 0.15) is 11.6 Å². The van der Waals surface area contributed by atoms with Crippen LogP contribution in [0.5, 0.6) is 0 Å². The van der Waals surface area contributed by atoms with Crippen LogP contribution in [-0.4, -0.2) is 27.8 Å². The molecule has 0 saturated heterocycles. The summed E-state index contributed by atoms with van der Waals surface area (Å²) in [6, 6.07) is 12.4. The van der Waals surface area contributed by atoms with Crippen LogP contribution in [0.25, 0.3) is 0 Å². The van der Waals surface area contributed by atoms with Gasteiger partial charge >= 0.3 is 5.97 Å². The average molecular weight is 396 g/mol.